The van der Waals surface area contributed by atoms with E-state index in [1.807, 2.05) is 30.3 Å². The second-order valence-electron chi connectivity index (χ2n) is 6.01. The third kappa shape index (κ3) is 2.71. The number of Topliss-reactive ketones (excluding diaryl/α,β-unsaturated/α-hetero) is 1. The molecule has 0 aliphatic carbocycles. The molecule has 0 aromatic heterocycles. The Kier molecular flexibility index (Phi) is 4.12. The summed E-state index contributed by atoms with van der Waals surface area (Å²) in [4.78, 5) is 25.2. The first-order valence-corrected chi connectivity index (χ1v) is 7.66. The summed E-state index contributed by atoms with van der Waals surface area (Å²) in [6.45, 7) is 4.88. The molecule has 2 atom stereocenters. The molecule has 22 heavy (non-hydrogen) atoms. The standard InChI is InChI=1S/C18H20O4/c1-2-14(13-6-4-3-5-7-13)16-15(19)12-18(22-17(16)20)8-10-21-11-9-18/h2-7,14,16H,1,8-12H2. The van der Waals surface area contributed by atoms with E-state index in [9.17, 15) is 9.59 Å². The first kappa shape index (κ1) is 15.0. The van der Waals surface area contributed by atoms with Crippen molar-refractivity contribution in [3.63, 3.8) is 0 Å². The van der Waals surface area contributed by atoms with Gasteiger partial charge in [0.05, 0.1) is 13.2 Å². The van der Waals surface area contributed by atoms with Crippen LogP contribution in [0.3, 0.4) is 0 Å². The number of carbonyl (C=O) groups is 2. The van der Waals surface area contributed by atoms with E-state index in [-0.39, 0.29) is 18.1 Å². The van der Waals surface area contributed by atoms with Gasteiger partial charge in [-0.1, -0.05) is 36.4 Å². The molecule has 4 nitrogen and oxygen atoms in total. The fourth-order valence-corrected chi connectivity index (χ4v) is 3.38. The third-order valence-corrected chi connectivity index (χ3v) is 4.62. The highest BCUT2D eigenvalue weighted by molar-refractivity contribution is 6.02. The van der Waals surface area contributed by atoms with E-state index >= 15 is 0 Å². The Balaban J connectivity index is 1.84. The average Bonchev–Trinajstić information content (AvgIpc) is 2.52. The molecule has 0 saturated carbocycles. The highest BCUT2D eigenvalue weighted by Crippen LogP contribution is 2.40. The maximum Gasteiger partial charge on any atom is 0.318 e. The largest absolute Gasteiger partial charge is 0.458 e. The Bertz CT molecular complexity index is 552. The lowest BCUT2D eigenvalue weighted by molar-refractivity contribution is -0.187. The fraction of sp³-hybridized carbons (Fsp3) is 0.444. The predicted molar refractivity (Wildman–Crippen MR) is 81.4 cm³/mol. The van der Waals surface area contributed by atoms with Gasteiger partial charge in [-0.25, -0.2) is 0 Å². The van der Waals surface area contributed by atoms with E-state index in [0.29, 0.717) is 26.1 Å². The average molecular weight is 300 g/mol. The van der Waals surface area contributed by atoms with Crippen molar-refractivity contribution in [3.8, 4) is 0 Å². The number of carbonyl (C=O) groups excluding carboxylic acids is 2. The lowest BCUT2D eigenvalue weighted by Gasteiger charge is -2.42. The number of ketones is 1. The van der Waals surface area contributed by atoms with Gasteiger partial charge in [-0.05, 0) is 5.56 Å². The van der Waals surface area contributed by atoms with Crippen molar-refractivity contribution in [2.45, 2.75) is 30.8 Å². The smallest absolute Gasteiger partial charge is 0.318 e. The highest BCUT2D eigenvalue weighted by Gasteiger charge is 2.49. The molecule has 2 heterocycles. The Labute approximate surface area is 130 Å². The maximum absolute atomic E-state index is 12.7. The Morgan fingerprint density at radius 2 is 1.86 bits per heavy atom. The first-order valence-electron chi connectivity index (χ1n) is 7.66. The van der Waals surface area contributed by atoms with Gasteiger partial charge in [-0.2, -0.15) is 0 Å². The molecule has 116 valence electrons. The summed E-state index contributed by atoms with van der Waals surface area (Å²) >= 11 is 0. The van der Waals surface area contributed by atoms with E-state index in [4.69, 9.17) is 9.47 Å². The van der Waals surface area contributed by atoms with Crippen LogP contribution in [0.1, 0.15) is 30.7 Å². The first-order chi connectivity index (χ1) is 10.7. The van der Waals surface area contributed by atoms with Gasteiger partial charge < -0.3 is 9.47 Å². The third-order valence-electron chi connectivity index (χ3n) is 4.62. The summed E-state index contributed by atoms with van der Waals surface area (Å²) in [5.41, 5.74) is 0.265. The van der Waals surface area contributed by atoms with Gasteiger partial charge in [0.2, 0.25) is 0 Å². The topological polar surface area (TPSA) is 52.6 Å². The van der Waals surface area contributed by atoms with Crippen LogP contribution in [-0.2, 0) is 19.1 Å². The van der Waals surface area contributed by atoms with E-state index < -0.39 is 17.5 Å². The molecule has 2 aliphatic heterocycles. The number of rotatable bonds is 3. The van der Waals surface area contributed by atoms with Gasteiger partial charge >= 0.3 is 5.97 Å². The molecule has 1 spiro atoms. The summed E-state index contributed by atoms with van der Waals surface area (Å²) in [5, 5.41) is 0. The van der Waals surface area contributed by atoms with Gasteiger partial charge in [0.25, 0.3) is 0 Å². The van der Waals surface area contributed by atoms with Crippen molar-refractivity contribution >= 4 is 11.8 Å². The minimum Gasteiger partial charge on any atom is -0.458 e. The van der Waals surface area contributed by atoms with Gasteiger partial charge in [0.15, 0.2) is 5.78 Å². The van der Waals surface area contributed by atoms with E-state index in [1.165, 1.54) is 0 Å². The minimum atomic E-state index is -0.784. The zero-order valence-corrected chi connectivity index (χ0v) is 12.5. The molecule has 2 unspecified atom stereocenters. The molecule has 2 aliphatic rings. The van der Waals surface area contributed by atoms with Crippen molar-refractivity contribution in [1.82, 2.24) is 0 Å². The Morgan fingerprint density at radius 3 is 2.45 bits per heavy atom. The Hall–Kier alpha value is -1.94. The number of esters is 1. The van der Waals surface area contributed by atoms with E-state index in [0.717, 1.165) is 5.56 Å². The molecule has 1 aromatic rings. The lowest BCUT2D eigenvalue weighted by Crippen LogP contribution is -2.51. The SMILES string of the molecule is C=CC(c1ccccc1)C1C(=O)CC2(CCOCC2)OC1=O. The molecule has 0 radical (unpaired) electrons. The number of allylic oxidation sites excluding steroid dienone is 1. The van der Waals surface area contributed by atoms with Crippen LogP contribution in [0, 0.1) is 5.92 Å². The molecule has 2 fully saturated rings. The monoisotopic (exact) mass is 300 g/mol. The predicted octanol–water partition coefficient (Wildman–Crippen LogP) is 2.64. The Morgan fingerprint density at radius 1 is 1.18 bits per heavy atom. The zero-order valence-electron chi connectivity index (χ0n) is 12.5. The quantitative estimate of drug-likeness (QED) is 0.489. The van der Waals surface area contributed by atoms with Gasteiger partial charge in [-0.3, -0.25) is 9.59 Å². The van der Waals surface area contributed by atoms with Crippen molar-refractivity contribution < 1.29 is 19.1 Å². The van der Waals surface area contributed by atoms with Gasteiger partial charge in [0.1, 0.15) is 11.5 Å². The number of benzene rings is 1. The lowest BCUT2D eigenvalue weighted by atomic mass is 9.75. The molecule has 0 amide bonds. The van der Waals surface area contributed by atoms with Crippen LogP contribution in [0.15, 0.2) is 43.0 Å². The van der Waals surface area contributed by atoms with Gasteiger partial charge in [0, 0.05) is 25.2 Å². The molecule has 0 bridgehead atoms. The van der Waals surface area contributed by atoms with Crippen molar-refractivity contribution in [3.05, 3.63) is 48.6 Å². The zero-order chi connectivity index (χ0) is 15.6. The van der Waals surface area contributed by atoms with Crippen LogP contribution < -0.4 is 0 Å². The number of ether oxygens (including phenoxy) is 2. The van der Waals surface area contributed by atoms with Crippen LogP contribution in [0.4, 0.5) is 0 Å². The fourth-order valence-electron chi connectivity index (χ4n) is 3.38. The number of hydrogen-bond acceptors (Lipinski definition) is 4. The maximum atomic E-state index is 12.7. The molecule has 1 aromatic carbocycles. The van der Waals surface area contributed by atoms with Crippen molar-refractivity contribution in [2.75, 3.05) is 13.2 Å². The van der Waals surface area contributed by atoms with Crippen LogP contribution in [0.2, 0.25) is 0 Å². The summed E-state index contributed by atoms with van der Waals surface area (Å²) < 4.78 is 11.0. The highest BCUT2D eigenvalue weighted by atomic mass is 16.6. The molecular formula is C18H20O4. The summed E-state index contributed by atoms with van der Waals surface area (Å²) in [6.07, 6.45) is 3.15. The van der Waals surface area contributed by atoms with Crippen LogP contribution in [0.5, 0.6) is 0 Å². The number of hydrogen-bond donors (Lipinski definition) is 0. The summed E-state index contributed by atoms with van der Waals surface area (Å²) in [5.74, 6) is -1.59. The molecular weight excluding hydrogens is 280 g/mol. The second kappa shape index (κ2) is 6.05. The second-order valence-corrected chi connectivity index (χ2v) is 6.01. The van der Waals surface area contributed by atoms with Crippen LogP contribution in [0.25, 0.3) is 0 Å². The van der Waals surface area contributed by atoms with Crippen molar-refractivity contribution in [1.29, 1.82) is 0 Å². The normalized spacial score (nSPS) is 25.5. The van der Waals surface area contributed by atoms with Crippen LogP contribution >= 0.6 is 0 Å². The van der Waals surface area contributed by atoms with E-state index in [1.54, 1.807) is 6.08 Å². The molecule has 2 saturated heterocycles. The molecule has 3 rings (SSSR count). The summed E-state index contributed by atoms with van der Waals surface area (Å²) in [7, 11) is 0. The summed E-state index contributed by atoms with van der Waals surface area (Å²) in [6, 6.07) is 9.51. The van der Waals surface area contributed by atoms with Crippen molar-refractivity contribution in [2.24, 2.45) is 5.92 Å². The molecule has 0 N–H and O–H groups in total. The van der Waals surface area contributed by atoms with E-state index in [2.05, 4.69) is 6.58 Å². The van der Waals surface area contributed by atoms with Gasteiger partial charge in [-0.15, -0.1) is 6.58 Å². The molecule has 4 heteroatoms. The minimum absolute atomic E-state index is 0.0492. The van der Waals surface area contributed by atoms with Crippen LogP contribution in [-0.4, -0.2) is 30.6 Å².